The molecular formula is C14H28ClN3O3. The lowest BCUT2D eigenvalue weighted by Gasteiger charge is -2.34. The third-order valence-electron chi connectivity index (χ3n) is 3.56. The number of likely N-dealkylation sites (tertiary alicyclic amines) is 1. The summed E-state index contributed by atoms with van der Waals surface area (Å²) in [4.78, 5) is 25.4. The van der Waals surface area contributed by atoms with Crippen molar-refractivity contribution in [3.8, 4) is 0 Å². The Balaban J connectivity index is 0.00000400. The first-order valence-corrected chi connectivity index (χ1v) is 7.38. The highest BCUT2D eigenvalue weighted by atomic mass is 35.5. The summed E-state index contributed by atoms with van der Waals surface area (Å²) in [6.45, 7) is 4.28. The predicted octanol–water partition coefficient (Wildman–Crippen LogP) is 0.537. The summed E-state index contributed by atoms with van der Waals surface area (Å²) in [7, 11) is 1.54. The number of amides is 2. The van der Waals surface area contributed by atoms with E-state index in [1.54, 1.807) is 4.90 Å². The predicted molar refractivity (Wildman–Crippen MR) is 84.3 cm³/mol. The van der Waals surface area contributed by atoms with Crippen LogP contribution >= 0.6 is 12.4 Å². The fraction of sp³-hybridized carbons (Fsp3) is 0.857. The summed E-state index contributed by atoms with van der Waals surface area (Å²) in [6, 6.07) is -0.589. The van der Waals surface area contributed by atoms with Gasteiger partial charge in [-0.15, -0.1) is 12.4 Å². The Morgan fingerprint density at radius 1 is 1.48 bits per heavy atom. The topological polar surface area (TPSA) is 84.7 Å². The molecule has 2 amide bonds. The second-order valence-electron chi connectivity index (χ2n) is 5.41. The molecule has 1 heterocycles. The van der Waals surface area contributed by atoms with E-state index in [4.69, 9.17) is 10.5 Å². The molecule has 0 bridgehead atoms. The summed E-state index contributed by atoms with van der Waals surface area (Å²) >= 11 is 0. The number of hydrogen-bond donors (Lipinski definition) is 2. The fourth-order valence-corrected chi connectivity index (χ4v) is 2.49. The van der Waals surface area contributed by atoms with E-state index >= 15 is 0 Å². The van der Waals surface area contributed by atoms with Gasteiger partial charge in [0, 0.05) is 33.2 Å². The van der Waals surface area contributed by atoms with Crippen LogP contribution in [-0.2, 0) is 14.3 Å². The van der Waals surface area contributed by atoms with Gasteiger partial charge in [0.2, 0.25) is 11.8 Å². The highest BCUT2D eigenvalue weighted by Crippen LogP contribution is 2.16. The van der Waals surface area contributed by atoms with Gasteiger partial charge in [-0.05, 0) is 25.2 Å². The Hall–Kier alpha value is -0.850. The Labute approximate surface area is 133 Å². The van der Waals surface area contributed by atoms with Gasteiger partial charge in [0.25, 0.3) is 0 Å². The minimum Gasteiger partial charge on any atom is -0.383 e. The number of piperidine rings is 1. The van der Waals surface area contributed by atoms with Crippen LogP contribution in [0.25, 0.3) is 0 Å². The number of nitrogens with two attached hydrogens (primary N) is 1. The molecule has 1 fully saturated rings. The van der Waals surface area contributed by atoms with Crippen molar-refractivity contribution in [3.05, 3.63) is 0 Å². The zero-order chi connectivity index (χ0) is 15.0. The summed E-state index contributed by atoms with van der Waals surface area (Å²) in [5.74, 6) is 0.353. The zero-order valence-electron chi connectivity index (χ0n) is 13.0. The highest BCUT2D eigenvalue weighted by Gasteiger charge is 2.27. The van der Waals surface area contributed by atoms with Crippen molar-refractivity contribution in [2.45, 2.75) is 38.6 Å². The molecular weight excluding hydrogens is 294 g/mol. The van der Waals surface area contributed by atoms with Crippen molar-refractivity contribution in [2.75, 3.05) is 33.4 Å². The van der Waals surface area contributed by atoms with E-state index in [1.807, 2.05) is 6.92 Å². The number of nitrogens with one attached hydrogen (secondary N) is 1. The lowest BCUT2D eigenvalue weighted by atomic mass is 9.97. The molecule has 1 aliphatic heterocycles. The molecule has 0 spiro atoms. The molecule has 124 valence electrons. The molecule has 1 aliphatic rings. The third-order valence-corrected chi connectivity index (χ3v) is 3.56. The second kappa shape index (κ2) is 10.8. The quantitative estimate of drug-likeness (QED) is 0.716. The average Bonchev–Trinajstić information content (AvgIpc) is 2.45. The van der Waals surface area contributed by atoms with Gasteiger partial charge in [0.05, 0.1) is 6.61 Å². The van der Waals surface area contributed by atoms with Gasteiger partial charge in [-0.1, -0.05) is 6.92 Å². The molecule has 0 radical (unpaired) electrons. The largest absolute Gasteiger partial charge is 0.383 e. The number of hydrogen-bond acceptors (Lipinski definition) is 4. The number of carbonyl (C=O) groups excluding carboxylic acids is 2. The Morgan fingerprint density at radius 3 is 2.81 bits per heavy atom. The van der Waals surface area contributed by atoms with Crippen LogP contribution in [0.5, 0.6) is 0 Å². The first-order chi connectivity index (χ1) is 9.58. The van der Waals surface area contributed by atoms with E-state index in [0.717, 1.165) is 25.8 Å². The smallest absolute Gasteiger partial charge is 0.241 e. The fourth-order valence-electron chi connectivity index (χ4n) is 2.49. The van der Waals surface area contributed by atoms with Crippen LogP contribution in [0.1, 0.15) is 32.6 Å². The lowest BCUT2D eigenvalue weighted by Crippen LogP contribution is -2.51. The van der Waals surface area contributed by atoms with Crippen LogP contribution in [0.4, 0.5) is 0 Å². The van der Waals surface area contributed by atoms with Crippen molar-refractivity contribution in [3.63, 3.8) is 0 Å². The van der Waals surface area contributed by atoms with Gasteiger partial charge in [-0.25, -0.2) is 0 Å². The van der Waals surface area contributed by atoms with E-state index in [0.29, 0.717) is 25.4 Å². The van der Waals surface area contributed by atoms with Gasteiger partial charge in [-0.2, -0.15) is 0 Å². The van der Waals surface area contributed by atoms with Gasteiger partial charge in [0.1, 0.15) is 6.04 Å². The van der Waals surface area contributed by atoms with Crippen LogP contribution in [0.3, 0.4) is 0 Å². The first kappa shape index (κ1) is 20.1. The van der Waals surface area contributed by atoms with Crippen molar-refractivity contribution in [1.82, 2.24) is 10.2 Å². The Bertz CT molecular complexity index is 329. The number of rotatable bonds is 7. The monoisotopic (exact) mass is 321 g/mol. The maximum absolute atomic E-state index is 12.1. The Kier molecular flexibility index (Phi) is 10.4. The zero-order valence-corrected chi connectivity index (χ0v) is 13.8. The van der Waals surface area contributed by atoms with E-state index in [-0.39, 0.29) is 30.8 Å². The number of ether oxygens (including phenoxy) is 1. The van der Waals surface area contributed by atoms with Crippen molar-refractivity contribution in [2.24, 2.45) is 11.7 Å². The maximum Gasteiger partial charge on any atom is 0.241 e. The molecule has 6 nitrogen and oxygen atoms in total. The molecule has 7 heteroatoms. The van der Waals surface area contributed by atoms with Crippen molar-refractivity contribution >= 4 is 24.2 Å². The van der Waals surface area contributed by atoms with Gasteiger partial charge in [0.15, 0.2) is 0 Å². The number of halogens is 1. The lowest BCUT2D eigenvalue weighted by molar-refractivity contribution is -0.135. The SMILES string of the molecule is CCCC(=O)NCC1CCCN(C(=O)C(N)COC)C1.Cl. The van der Waals surface area contributed by atoms with Crippen LogP contribution in [0.2, 0.25) is 0 Å². The van der Waals surface area contributed by atoms with E-state index in [9.17, 15) is 9.59 Å². The van der Waals surface area contributed by atoms with E-state index in [1.165, 1.54) is 7.11 Å². The van der Waals surface area contributed by atoms with E-state index < -0.39 is 6.04 Å². The molecule has 2 unspecified atom stereocenters. The highest BCUT2D eigenvalue weighted by molar-refractivity contribution is 5.85. The molecule has 0 aliphatic carbocycles. The van der Waals surface area contributed by atoms with Crippen LogP contribution in [0.15, 0.2) is 0 Å². The maximum atomic E-state index is 12.1. The molecule has 2 atom stereocenters. The van der Waals surface area contributed by atoms with Crippen LogP contribution < -0.4 is 11.1 Å². The standard InChI is InChI=1S/C14H27N3O3.ClH/c1-3-5-13(18)16-8-11-6-4-7-17(9-11)14(19)12(15)10-20-2;/h11-12H,3-10,15H2,1-2H3,(H,16,18);1H. The van der Waals surface area contributed by atoms with Crippen LogP contribution in [-0.4, -0.2) is 56.1 Å². The molecule has 0 saturated carbocycles. The molecule has 1 saturated heterocycles. The molecule has 0 aromatic heterocycles. The van der Waals surface area contributed by atoms with Crippen molar-refractivity contribution < 1.29 is 14.3 Å². The minimum absolute atomic E-state index is 0. The molecule has 3 N–H and O–H groups in total. The van der Waals surface area contributed by atoms with Crippen LogP contribution in [0, 0.1) is 5.92 Å². The summed E-state index contributed by atoms with van der Waals surface area (Å²) in [6.07, 6.45) is 3.41. The first-order valence-electron chi connectivity index (χ1n) is 7.38. The molecule has 1 rings (SSSR count). The summed E-state index contributed by atoms with van der Waals surface area (Å²) < 4.78 is 4.92. The molecule has 0 aromatic carbocycles. The summed E-state index contributed by atoms with van der Waals surface area (Å²) in [5.41, 5.74) is 5.78. The number of carbonyl (C=O) groups is 2. The second-order valence-corrected chi connectivity index (χ2v) is 5.41. The number of methoxy groups -OCH3 is 1. The van der Waals surface area contributed by atoms with Crippen molar-refractivity contribution in [1.29, 1.82) is 0 Å². The normalized spacial score (nSPS) is 19.6. The van der Waals surface area contributed by atoms with E-state index in [2.05, 4.69) is 5.32 Å². The van der Waals surface area contributed by atoms with Gasteiger partial charge in [-0.3, -0.25) is 9.59 Å². The van der Waals surface area contributed by atoms with Gasteiger partial charge >= 0.3 is 0 Å². The minimum atomic E-state index is -0.589. The molecule has 0 aromatic rings. The average molecular weight is 322 g/mol. The summed E-state index contributed by atoms with van der Waals surface area (Å²) in [5, 5.41) is 2.93. The number of nitrogens with zero attached hydrogens (tertiary/aromatic N) is 1. The van der Waals surface area contributed by atoms with Gasteiger partial charge < -0.3 is 20.7 Å². The molecule has 21 heavy (non-hydrogen) atoms. The Morgan fingerprint density at radius 2 is 2.19 bits per heavy atom. The third kappa shape index (κ3) is 7.11.